The van der Waals surface area contributed by atoms with E-state index in [4.69, 9.17) is 9.47 Å². The SMILES string of the molecule is CC(C)OCCOc1nc[nH]c(=O)c1Br. The molecule has 0 fully saturated rings. The molecule has 0 aliphatic rings. The summed E-state index contributed by atoms with van der Waals surface area (Å²) in [6.07, 6.45) is 1.47. The summed E-state index contributed by atoms with van der Waals surface area (Å²) in [4.78, 5) is 17.4. The van der Waals surface area contributed by atoms with Crippen LogP contribution in [0.3, 0.4) is 0 Å². The van der Waals surface area contributed by atoms with Crippen molar-refractivity contribution in [1.82, 2.24) is 9.97 Å². The van der Waals surface area contributed by atoms with E-state index in [1.807, 2.05) is 13.8 Å². The molecule has 0 saturated carbocycles. The Labute approximate surface area is 96.0 Å². The Balaban J connectivity index is 2.44. The van der Waals surface area contributed by atoms with Gasteiger partial charge in [0, 0.05) is 0 Å². The highest BCUT2D eigenvalue weighted by Gasteiger charge is 2.05. The molecule has 84 valence electrons. The van der Waals surface area contributed by atoms with Crippen molar-refractivity contribution in [3.05, 3.63) is 21.2 Å². The lowest BCUT2D eigenvalue weighted by molar-refractivity contribution is 0.0540. The average Bonchev–Trinajstić information content (AvgIpc) is 2.18. The van der Waals surface area contributed by atoms with E-state index in [0.29, 0.717) is 17.7 Å². The zero-order valence-electron chi connectivity index (χ0n) is 8.62. The van der Waals surface area contributed by atoms with Gasteiger partial charge >= 0.3 is 0 Å². The maximum atomic E-state index is 11.1. The van der Waals surface area contributed by atoms with Crippen LogP contribution in [0, 0.1) is 0 Å². The summed E-state index contributed by atoms with van der Waals surface area (Å²) < 4.78 is 10.8. The molecule has 0 bridgehead atoms. The van der Waals surface area contributed by atoms with Gasteiger partial charge in [-0.3, -0.25) is 4.79 Å². The molecule has 1 aromatic heterocycles. The van der Waals surface area contributed by atoms with Crippen molar-refractivity contribution in [3.63, 3.8) is 0 Å². The molecule has 1 N–H and O–H groups in total. The average molecular weight is 277 g/mol. The quantitative estimate of drug-likeness (QED) is 0.825. The third kappa shape index (κ3) is 4.01. The Kier molecular flexibility index (Phi) is 4.77. The standard InChI is InChI=1S/C9H13BrN2O3/c1-6(2)14-3-4-15-9-7(10)8(13)11-5-12-9/h5-6H,3-4H2,1-2H3,(H,11,12,13). The van der Waals surface area contributed by atoms with Crippen molar-refractivity contribution in [2.24, 2.45) is 0 Å². The van der Waals surface area contributed by atoms with E-state index in [1.54, 1.807) is 0 Å². The Morgan fingerprint density at radius 3 is 2.93 bits per heavy atom. The number of H-pyrrole nitrogens is 1. The smallest absolute Gasteiger partial charge is 0.268 e. The van der Waals surface area contributed by atoms with Gasteiger partial charge in [-0.05, 0) is 29.8 Å². The second kappa shape index (κ2) is 5.87. The van der Waals surface area contributed by atoms with Crippen LogP contribution in [-0.4, -0.2) is 29.3 Å². The first-order valence-electron chi connectivity index (χ1n) is 4.59. The van der Waals surface area contributed by atoms with Gasteiger partial charge in [0.1, 0.15) is 11.1 Å². The molecule has 15 heavy (non-hydrogen) atoms. The first-order valence-corrected chi connectivity index (χ1v) is 5.38. The summed E-state index contributed by atoms with van der Waals surface area (Å²) in [5, 5.41) is 0. The molecule has 0 aromatic carbocycles. The fourth-order valence-electron chi connectivity index (χ4n) is 0.889. The first kappa shape index (κ1) is 12.2. The molecule has 0 aliphatic heterocycles. The number of nitrogens with zero attached hydrogens (tertiary/aromatic N) is 1. The van der Waals surface area contributed by atoms with Crippen molar-refractivity contribution in [2.45, 2.75) is 20.0 Å². The molecule has 0 amide bonds. The lowest BCUT2D eigenvalue weighted by Crippen LogP contribution is -2.14. The minimum absolute atomic E-state index is 0.171. The predicted octanol–water partition coefficient (Wildman–Crippen LogP) is 1.34. The third-order valence-electron chi connectivity index (χ3n) is 1.54. The normalized spacial score (nSPS) is 10.7. The van der Waals surface area contributed by atoms with E-state index < -0.39 is 0 Å². The number of rotatable bonds is 5. The van der Waals surface area contributed by atoms with Crippen molar-refractivity contribution >= 4 is 15.9 Å². The third-order valence-corrected chi connectivity index (χ3v) is 2.24. The summed E-state index contributed by atoms with van der Waals surface area (Å²) in [6, 6.07) is 0. The molecule has 6 heteroatoms. The molecular formula is C9H13BrN2O3. The number of hydrogen-bond donors (Lipinski definition) is 1. The van der Waals surface area contributed by atoms with Crippen LogP contribution in [0.1, 0.15) is 13.8 Å². The monoisotopic (exact) mass is 276 g/mol. The van der Waals surface area contributed by atoms with E-state index in [9.17, 15) is 4.79 Å². The molecule has 1 rings (SSSR count). The zero-order chi connectivity index (χ0) is 11.3. The number of ether oxygens (including phenoxy) is 2. The Morgan fingerprint density at radius 1 is 1.53 bits per heavy atom. The van der Waals surface area contributed by atoms with Crippen LogP contribution in [0.5, 0.6) is 5.88 Å². The van der Waals surface area contributed by atoms with Gasteiger partial charge in [0.25, 0.3) is 5.56 Å². The largest absolute Gasteiger partial charge is 0.474 e. The highest BCUT2D eigenvalue weighted by atomic mass is 79.9. The van der Waals surface area contributed by atoms with Crippen LogP contribution in [0.15, 0.2) is 15.6 Å². The van der Waals surface area contributed by atoms with Gasteiger partial charge in [0.15, 0.2) is 0 Å². The molecule has 0 spiro atoms. The van der Waals surface area contributed by atoms with E-state index in [0.717, 1.165) is 0 Å². The van der Waals surface area contributed by atoms with Crippen molar-refractivity contribution in [1.29, 1.82) is 0 Å². The minimum Gasteiger partial charge on any atom is -0.474 e. The predicted molar refractivity (Wildman–Crippen MR) is 59.1 cm³/mol. The number of aromatic nitrogens is 2. The molecule has 5 nitrogen and oxygen atoms in total. The van der Waals surface area contributed by atoms with E-state index >= 15 is 0 Å². The van der Waals surface area contributed by atoms with Crippen LogP contribution in [-0.2, 0) is 4.74 Å². The molecular weight excluding hydrogens is 264 g/mol. The Hall–Kier alpha value is -0.880. The lowest BCUT2D eigenvalue weighted by Gasteiger charge is -2.08. The summed E-state index contributed by atoms with van der Waals surface area (Å²) in [7, 11) is 0. The van der Waals surface area contributed by atoms with Gasteiger partial charge in [-0.1, -0.05) is 0 Å². The first-order chi connectivity index (χ1) is 7.11. The van der Waals surface area contributed by atoms with Gasteiger partial charge in [0.2, 0.25) is 5.88 Å². The number of aromatic amines is 1. The van der Waals surface area contributed by atoms with Crippen LogP contribution in [0.25, 0.3) is 0 Å². The van der Waals surface area contributed by atoms with Crippen molar-refractivity contribution < 1.29 is 9.47 Å². The van der Waals surface area contributed by atoms with E-state index in [2.05, 4.69) is 25.9 Å². The number of halogens is 1. The van der Waals surface area contributed by atoms with Crippen molar-refractivity contribution in [3.8, 4) is 5.88 Å². The van der Waals surface area contributed by atoms with Gasteiger partial charge in [-0.2, -0.15) is 0 Å². The maximum Gasteiger partial charge on any atom is 0.268 e. The molecule has 0 unspecified atom stereocenters. The summed E-state index contributed by atoms with van der Waals surface area (Å²) in [5.74, 6) is 0.283. The van der Waals surface area contributed by atoms with Gasteiger partial charge < -0.3 is 14.5 Å². The topological polar surface area (TPSA) is 64.2 Å². The second-order valence-corrected chi connectivity index (χ2v) is 3.91. The van der Waals surface area contributed by atoms with Crippen LogP contribution in [0.2, 0.25) is 0 Å². The fourth-order valence-corrected chi connectivity index (χ4v) is 1.22. The molecule has 0 radical (unpaired) electrons. The molecule has 1 aromatic rings. The van der Waals surface area contributed by atoms with Crippen LogP contribution >= 0.6 is 15.9 Å². The summed E-state index contributed by atoms with van der Waals surface area (Å²) >= 11 is 3.09. The highest BCUT2D eigenvalue weighted by Crippen LogP contribution is 2.15. The maximum absolute atomic E-state index is 11.1. The molecule has 1 heterocycles. The number of nitrogens with one attached hydrogen (secondary N) is 1. The van der Waals surface area contributed by atoms with Gasteiger partial charge in [-0.15, -0.1) is 0 Å². The minimum atomic E-state index is -0.259. The zero-order valence-corrected chi connectivity index (χ0v) is 10.2. The molecule has 0 atom stereocenters. The molecule has 0 aliphatic carbocycles. The van der Waals surface area contributed by atoms with Crippen molar-refractivity contribution in [2.75, 3.05) is 13.2 Å². The number of hydrogen-bond acceptors (Lipinski definition) is 4. The second-order valence-electron chi connectivity index (χ2n) is 3.12. The lowest BCUT2D eigenvalue weighted by atomic mass is 10.5. The Bertz CT molecular complexity index is 365. The fraction of sp³-hybridized carbons (Fsp3) is 0.556. The summed E-state index contributed by atoms with van der Waals surface area (Å²) in [6.45, 7) is 4.73. The van der Waals surface area contributed by atoms with E-state index in [1.165, 1.54) is 6.33 Å². The van der Waals surface area contributed by atoms with Crippen LogP contribution in [0.4, 0.5) is 0 Å². The highest BCUT2D eigenvalue weighted by molar-refractivity contribution is 9.10. The summed E-state index contributed by atoms with van der Waals surface area (Å²) in [5.41, 5.74) is -0.259. The van der Waals surface area contributed by atoms with Gasteiger partial charge in [-0.25, -0.2) is 4.98 Å². The van der Waals surface area contributed by atoms with E-state index in [-0.39, 0.29) is 17.5 Å². The van der Waals surface area contributed by atoms with Gasteiger partial charge in [0.05, 0.1) is 19.0 Å². The molecule has 0 saturated heterocycles. The van der Waals surface area contributed by atoms with Crippen LogP contribution < -0.4 is 10.3 Å². The Morgan fingerprint density at radius 2 is 2.27 bits per heavy atom.